The Morgan fingerprint density at radius 3 is 1.73 bits per heavy atom. The van der Waals surface area contributed by atoms with E-state index in [0.29, 0.717) is 6.04 Å². The van der Waals surface area contributed by atoms with Crippen LogP contribution in [0.5, 0.6) is 0 Å². The first-order valence-electron chi connectivity index (χ1n) is 2.56. The van der Waals surface area contributed by atoms with E-state index in [-0.39, 0.29) is 5.48 Å². The van der Waals surface area contributed by atoms with Gasteiger partial charge in [0, 0.05) is 0 Å². The third-order valence-corrected chi connectivity index (χ3v) is 0.493. The summed E-state index contributed by atoms with van der Waals surface area (Å²) in [6, 6.07) is 0.523. The topological polar surface area (TPSA) is 150 Å². The van der Waals surface area contributed by atoms with E-state index in [4.69, 9.17) is 13.3 Å². The first-order valence-corrected chi connectivity index (χ1v) is 4.89. The summed E-state index contributed by atoms with van der Waals surface area (Å²) in [5, 5.41) is 0. The number of quaternary nitrogens is 2. The molecule has 1 atom stereocenters. The maximum atomic E-state index is 8.89. The van der Waals surface area contributed by atoms with Crippen molar-refractivity contribution < 1.29 is 30.3 Å². The highest BCUT2D eigenvalue weighted by atomic mass is 32.9. The minimum Gasteiger partial charge on any atom is -0.780 e. The highest BCUT2D eigenvalue weighted by Gasteiger charge is 1.88. The Morgan fingerprint density at radius 1 is 1.64 bits per heavy atom. The predicted octanol–water partition coefficient (Wildman–Crippen LogP) is -3.97. The molecule has 11 heavy (non-hydrogen) atoms. The Hall–Kier alpha value is 0.170. The van der Waals surface area contributed by atoms with E-state index in [1.54, 1.807) is 0 Å². The molecule has 8 heteroatoms. The summed E-state index contributed by atoms with van der Waals surface area (Å²) in [5.74, 6) is 0. The zero-order valence-corrected chi connectivity index (χ0v) is 7.87. The Morgan fingerprint density at radius 2 is 1.73 bits per heavy atom. The Labute approximate surface area is 70.6 Å². The molecular weight excluding hydrogens is 192 g/mol. The molecule has 0 fully saturated rings. The molecule has 0 aromatic rings. The molecule has 0 aliphatic rings. The van der Waals surface area contributed by atoms with Crippen LogP contribution >= 0.6 is 0 Å². The Kier molecular flexibility index (Phi) is 13.0. The van der Waals surface area contributed by atoms with Crippen molar-refractivity contribution in [2.75, 3.05) is 6.54 Å². The fourth-order valence-electron chi connectivity index (χ4n) is 0. The van der Waals surface area contributed by atoms with E-state index in [9.17, 15) is 0 Å². The van der Waals surface area contributed by atoms with Gasteiger partial charge in [-0.2, -0.15) is 0 Å². The average molecular weight is 206 g/mol. The third-order valence-electron chi connectivity index (χ3n) is 0.493. The molecule has 0 aliphatic heterocycles. The second-order valence-corrected chi connectivity index (χ2v) is 3.84. The summed E-state index contributed by atoms with van der Waals surface area (Å²) >= 11 is 3.24. The second kappa shape index (κ2) is 8.27. The summed E-state index contributed by atoms with van der Waals surface area (Å²) in [7, 11) is -4.33. The van der Waals surface area contributed by atoms with Crippen LogP contribution in [0.15, 0.2) is 0 Å². The van der Waals surface area contributed by atoms with Crippen molar-refractivity contribution in [1.82, 2.24) is 0 Å². The molecule has 0 spiro atoms. The van der Waals surface area contributed by atoms with Gasteiger partial charge in [0.2, 0.25) is 0 Å². The second-order valence-electron chi connectivity index (χ2n) is 1.80. The molecule has 0 heterocycles. The van der Waals surface area contributed by atoms with Crippen molar-refractivity contribution in [3.8, 4) is 0 Å². The summed E-state index contributed by atoms with van der Waals surface area (Å²) < 4.78 is 26.7. The van der Waals surface area contributed by atoms with Gasteiger partial charge in [-0.15, -0.1) is 9.05 Å². The first-order chi connectivity index (χ1) is 4.27. The SMILES string of the molecule is C[C@H]([NH3+])C[NH3+].O.O=S([O-])([O-])=S. The van der Waals surface area contributed by atoms with Crippen LogP contribution in [0.1, 0.15) is 6.92 Å². The van der Waals surface area contributed by atoms with E-state index in [1.165, 1.54) is 0 Å². The molecule has 0 radical (unpaired) electrons. The van der Waals surface area contributed by atoms with Gasteiger partial charge >= 0.3 is 0 Å². The lowest BCUT2D eigenvalue weighted by molar-refractivity contribution is -0.488. The third kappa shape index (κ3) is 144. The molecule has 0 saturated carbocycles. The standard InChI is InChI=1S/C3H10N2.H2O3S2.H2O/c1-3(5)2-4;1-5(2,3)4;/h3H,2,4-5H2,1H3;(H2,1,2,3,4);1H2/t3-;;/m0../s1. The van der Waals surface area contributed by atoms with Crippen molar-refractivity contribution >= 4 is 20.2 Å². The maximum absolute atomic E-state index is 8.89. The Balaban J connectivity index is -0.000000107. The molecule has 72 valence electrons. The molecule has 0 amide bonds. The van der Waals surface area contributed by atoms with Crippen molar-refractivity contribution in [3.63, 3.8) is 0 Å². The van der Waals surface area contributed by atoms with Crippen molar-refractivity contribution in [2.24, 2.45) is 0 Å². The van der Waals surface area contributed by atoms with Gasteiger partial charge in [-0.25, -0.2) is 0 Å². The van der Waals surface area contributed by atoms with Crippen molar-refractivity contribution in [2.45, 2.75) is 13.0 Å². The van der Waals surface area contributed by atoms with Gasteiger partial charge in [0.15, 0.2) is 0 Å². The molecule has 0 rings (SSSR count). The van der Waals surface area contributed by atoms with Gasteiger partial charge in [-0.3, -0.25) is 4.21 Å². The van der Waals surface area contributed by atoms with Crippen LogP contribution in [0.25, 0.3) is 0 Å². The molecule has 0 bridgehead atoms. The monoisotopic (exact) mass is 206 g/mol. The molecule has 0 aromatic carbocycles. The van der Waals surface area contributed by atoms with Gasteiger partial charge in [-0.05, 0) is 18.1 Å². The largest absolute Gasteiger partial charge is 0.780 e. The molecule has 0 unspecified atom stereocenters. The van der Waals surface area contributed by atoms with Crippen LogP contribution in [0.3, 0.4) is 0 Å². The van der Waals surface area contributed by atoms with Gasteiger partial charge in [-0.1, -0.05) is 0 Å². The van der Waals surface area contributed by atoms with E-state index in [2.05, 4.69) is 22.7 Å². The van der Waals surface area contributed by atoms with Gasteiger partial charge < -0.3 is 26.0 Å². The fourth-order valence-corrected chi connectivity index (χ4v) is 0. The smallest absolute Gasteiger partial charge is 0.131 e. The van der Waals surface area contributed by atoms with E-state index >= 15 is 0 Å². The highest BCUT2D eigenvalue weighted by molar-refractivity contribution is 8.26. The fraction of sp³-hybridized carbons (Fsp3) is 1.00. The molecule has 0 aliphatic carbocycles. The molecule has 6 nitrogen and oxygen atoms in total. The minimum absolute atomic E-state index is 0. The van der Waals surface area contributed by atoms with Crippen LogP contribution in [-0.4, -0.2) is 31.4 Å². The van der Waals surface area contributed by atoms with Crippen LogP contribution in [0.2, 0.25) is 0 Å². The Bertz CT molecular complexity index is 147. The number of hydrogen-bond acceptors (Lipinski definition) is 4. The van der Waals surface area contributed by atoms with Crippen molar-refractivity contribution in [3.05, 3.63) is 0 Å². The van der Waals surface area contributed by atoms with E-state index in [1.807, 2.05) is 6.92 Å². The van der Waals surface area contributed by atoms with Gasteiger partial charge in [0.25, 0.3) is 0 Å². The van der Waals surface area contributed by atoms with Crippen molar-refractivity contribution in [1.29, 1.82) is 0 Å². The predicted molar refractivity (Wildman–Crippen MR) is 40.8 cm³/mol. The summed E-state index contributed by atoms with van der Waals surface area (Å²) in [5.41, 5.74) is 7.32. The maximum Gasteiger partial charge on any atom is 0.131 e. The number of rotatable bonds is 1. The molecule has 0 saturated heterocycles. The lowest BCUT2D eigenvalue weighted by Crippen LogP contribution is -2.71. The zero-order valence-electron chi connectivity index (χ0n) is 6.24. The average Bonchev–Trinajstić information content (AvgIpc) is 1.61. The summed E-state index contributed by atoms with van der Waals surface area (Å²) in [6.45, 7) is 2.99. The van der Waals surface area contributed by atoms with E-state index < -0.39 is 9.05 Å². The molecule has 8 N–H and O–H groups in total. The first kappa shape index (κ1) is 17.3. The van der Waals surface area contributed by atoms with Crippen LogP contribution in [0.4, 0.5) is 0 Å². The lowest BCUT2D eigenvalue weighted by atomic mass is 10.4. The van der Waals surface area contributed by atoms with Crippen LogP contribution < -0.4 is 11.5 Å². The number of hydrogen-bond donors (Lipinski definition) is 2. The van der Waals surface area contributed by atoms with E-state index in [0.717, 1.165) is 6.54 Å². The van der Waals surface area contributed by atoms with Crippen LogP contribution in [0, 0.1) is 0 Å². The minimum atomic E-state index is -4.33. The lowest BCUT2D eigenvalue weighted by Gasteiger charge is -2.12. The van der Waals surface area contributed by atoms with Gasteiger partial charge in [0.1, 0.15) is 12.6 Å². The van der Waals surface area contributed by atoms with Gasteiger partial charge in [0.05, 0.1) is 0 Å². The summed E-state index contributed by atoms with van der Waals surface area (Å²) in [6.07, 6.45) is 0. The zero-order chi connectivity index (χ0) is 8.78. The summed E-state index contributed by atoms with van der Waals surface area (Å²) in [4.78, 5) is 0. The quantitative estimate of drug-likeness (QED) is 0.449. The molecule has 0 aromatic heterocycles. The van der Waals surface area contributed by atoms with Crippen LogP contribution in [-0.2, 0) is 20.2 Å². The normalized spacial score (nSPS) is 12.1. The highest BCUT2D eigenvalue weighted by Crippen LogP contribution is 1.60. The molecular formula is C3H14N2O4S2.